The maximum Gasteiger partial charge on any atom is 0.211 e. The van der Waals surface area contributed by atoms with E-state index in [-0.39, 0.29) is 0 Å². The number of nitrogens with zero attached hydrogens (tertiary/aromatic N) is 4. The number of pyridine rings is 1. The Labute approximate surface area is 240 Å². The molecule has 5 aromatic carbocycles. The topological polar surface area (TPSA) is 59.1 Å². The average Bonchev–Trinajstić information content (AvgIpc) is 3.60. The first-order chi connectivity index (χ1) is 20.7. The first-order valence-corrected chi connectivity index (χ1v) is 13.6. The molecule has 0 unspecified atom stereocenters. The summed E-state index contributed by atoms with van der Waals surface area (Å²) in [7, 11) is 0. The van der Waals surface area contributed by atoms with E-state index in [1.807, 2.05) is 84.9 Å². The van der Waals surface area contributed by atoms with Gasteiger partial charge in [0.05, 0.1) is 23.3 Å². The molecule has 0 atom stereocenters. The van der Waals surface area contributed by atoms with Crippen molar-refractivity contribution in [2.45, 2.75) is 0 Å². The standard InChI is InChI=1S/C37H20N4O/c1-39-31-20-24(30-19-25(22-40-32(30)21-38)23-9-3-2-4-10-23)15-18-34(31)41-33-13-7-5-11-26(33)28-16-17-29-27-12-6-8-14-35(27)42-37(29)36(28)41/h2-20,22H. The zero-order valence-electron chi connectivity index (χ0n) is 22.2. The predicted molar refractivity (Wildman–Crippen MR) is 168 cm³/mol. The van der Waals surface area contributed by atoms with Crippen LogP contribution in [0.5, 0.6) is 0 Å². The Kier molecular flexibility index (Phi) is 5.19. The van der Waals surface area contributed by atoms with E-state index in [0.29, 0.717) is 16.9 Å². The minimum Gasteiger partial charge on any atom is -0.454 e. The summed E-state index contributed by atoms with van der Waals surface area (Å²) in [5.74, 6) is 0. The lowest BCUT2D eigenvalue weighted by molar-refractivity contribution is 0.671. The molecule has 0 aliphatic rings. The van der Waals surface area contributed by atoms with E-state index < -0.39 is 0 Å². The molecule has 0 spiro atoms. The molecule has 3 heterocycles. The van der Waals surface area contributed by atoms with Gasteiger partial charge in [0.1, 0.15) is 17.3 Å². The van der Waals surface area contributed by atoms with Crippen LogP contribution in [0.15, 0.2) is 126 Å². The van der Waals surface area contributed by atoms with Gasteiger partial charge in [0, 0.05) is 38.9 Å². The average molecular weight is 537 g/mol. The van der Waals surface area contributed by atoms with Crippen molar-refractivity contribution in [3.05, 3.63) is 139 Å². The van der Waals surface area contributed by atoms with Crippen LogP contribution in [0.1, 0.15) is 5.69 Å². The van der Waals surface area contributed by atoms with Crippen LogP contribution in [0.2, 0.25) is 0 Å². The summed E-state index contributed by atoms with van der Waals surface area (Å²) >= 11 is 0. The third-order valence-corrected chi connectivity index (χ3v) is 7.93. The summed E-state index contributed by atoms with van der Waals surface area (Å²) in [5.41, 5.74) is 8.44. The van der Waals surface area contributed by atoms with Crippen molar-refractivity contribution in [1.29, 1.82) is 5.26 Å². The number of hydrogen-bond acceptors (Lipinski definition) is 3. The normalized spacial score (nSPS) is 11.3. The Bertz CT molecular complexity index is 2440. The quantitative estimate of drug-likeness (QED) is 0.211. The van der Waals surface area contributed by atoms with Gasteiger partial charge in [-0.25, -0.2) is 9.83 Å². The van der Waals surface area contributed by atoms with Crippen molar-refractivity contribution >= 4 is 49.4 Å². The highest BCUT2D eigenvalue weighted by Gasteiger charge is 2.21. The van der Waals surface area contributed by atoms with E-state index in [1.54, 1.807) is 6.20 Å². The number of rotatable bonds is 3. The minimum atomic E-state index is 0.319. The van der Waals surface area contributed by atoms with Gasteiger partial charge in [-0.05, 0) is 47.5 Å². The van der Waals surface area contributed by atoms with Crippen molar-refractivity contribution in [2.75, 3.05) is 0 Å². The second-order valence-corrected chi connectivity index (χ2v) is 10.2. The van der Waals surface area contributed by atoms with Gasteiger partial charge in [-0.1, -0.05) is 78.9 Å². The highest BCUT2D eigenvalue weighted by Crippen LogP contribution is 2.42. The molecule has 5 nitrogen and oxygen atoms in total. The molecule has 194 valence electrons. The molecule has 0 N–H and O–H groups in total. The highest BCUT2D eigenvalue weighted by atomic mass is 16.3. The Hall–Kier alpha value is -6.17. The third-order valence-electron chi connectivity index (χ3n) is 7.93. The zero-order chi connectivity index (χ0) is 28.2. The van der Waals surface area contributed by atoms with E-state index in [9.17, 15) is 5.26 Å². The zero-order valence-corrected chi connectivity index (χ0v) is 22.2. The van der Waals surface area contributed by atoms with Gasteiger partial charge < -0.3 is 8.98 Å². The number of benzene rings is 5. The molecule has 0 fully saturated rings. The van der Waals surface area contributed by atoms with Crippen molar-refractivity contribution in [3.63, 3.8) is 0 Å². The van der Waals surface area contributed by atoms with Gasteiger partial charge in [-0.3, -0.25) is 0 Å². The second kappa shape index (κ2) is 9.20. The monoisotopic (exact) mass is 536 g/mol. The van der Waals surface area contributed by atoms with Gasteiger partial charge in [0.25, 0.3) is 0 Å². The molecule has 0 radical (unpaired) electrons. The lowest BCUT2D eigenvalue weighted by Crippen LogP contribution is -1.96. The van der Waals surface area contributed by atoms with Gasteiger partial charge in [-0.15, -0.1) is 0 Å². The van der Waals surface area contributed by atoms with Gasteiger partial charge in [-0.2, -0.15) is 5.26 Å². The lowest BCUT2D eigenvalue weighted by Gasteiger charge is -2.13. The Morgan fingerprint density at radius 1 is 0.714 bits per heavy atom. The molecule has 3 aromatic heterocycles. The number of nitriles is 1. The predicted octanol–water partition coefficient (Wildman–Crippen LogP) is 9.83. The number of fused-ring (bicyclic) bond motifs is 7. The lowest BCUT2D eigenvalue weighted by atomic mass is 9.98. The SMILES string of the molecule is [C-]#[N+]c1cc(-c2cc(-c3ccccc3)cnc2C#N)ccc1-n1c2ccccc2c2ccc3c4ccccc4oc3c21. The molecule has 42 heavy (non-hydrogen) atoms. The number of hydrogen-bond donors (Lipinski definition) is 0. The molecule has 8 aromatic rings. The maximum absolute atomic E-state index is 9.88. The number of aromatic nitrogens is 2. The maximum atomic E-state index is 9.88. The van der Waals surface area contributed by atoms with Crippen LogP contribution >= 0.6 is 0 Å². The van der Waals surface area contributed by atoms with E-state index in [0.717, 1.165) is 66.1 Å². The third kappa shape index (κ3) is 3.45. The fourth-order valence-corrected chi connectivity index (χ4v) is 6.01. The number of para-hydroxylation sites is 2. The van der Waals surface area contributed by atoms with Crippen LogP contribution in [-0.4, -0.2) is 9.55 Å². The molecule has 0 aliphatic heterocycles. The summed E-state index contributed by atoms with van der Waals surface area (Å²) in [4.78, 5) is 8.44. The van der Waals surface area contributed by atoms with Crippen LogP contribution in [0.25, 0.3) is 76.5 Å². The summed E-state index contributed by atoms with van der Waals surface area (Å²) in [6.45, 7) is 8.20. The van der Waals surface area contributed by atoms with Crippen molar-refractivity contribution < 1.29 is 4.42 Å². The van der Waals surface area contributed by atoms with Crippen LogP contribution in [0, 0.1) is 17.9 Å². The molecular weight excluding hydrogens is 516 g/mol. The van der Waals surface area contributed by atoms with Crippen LogP contribution in [0.4, 0.5) is 5.69 Å². The Morgan fingerprint density at radius 2 is 1.48 bits per heavy atom. The van der Waals surface area contributed by atoms with Crippen LogP contribution in [0.3, 0.4) is 0 Å². The van der Waals surface area contributed by atoms with E-state index in [4.69, 9.17) is 11.0 Å². The molecule has 0 bridgehead atoms. The van der Waals surface area contributed by atoms with Crippen molar-refractivity contribution in [1.82, 2.24) is 9.55 Å². The number of furan rings is 1. The molecular formula is C37H20N4O. The summed E-state index contributed by atoms with van der Waals surface area (Å²) < 4.78 is 8.60. The largest absolute Gasteiger partial charge is 0.454 e. The first kappa shape index (κ1) is 23.7. The van der Waals surface area contributed by atoms with Gasteiger partial charge in [0.15, 0.2) is 5.58 Å². The molecule has 0 aliphatic carbocycles. The van der Waals surface area contributed by atoms with E-state index in [2.05, 4.69) is 50.8 Å². The van der Waals surface area contributed by atoms with Crippen LogP contribution < -0.4 is 0 Å². The smallest absolute Gasteiger partial charge is 0.211 e. The van der Waals surface area contributed by atoms with Crippen molar-refractivity contribution in [3.8, 4) is 34.0 Å². The molecule has 0 saturated carbocycles. The molecule has 5 heteroatoms. The summed E-state index contributed by atoms with van der Waals surface area (Å²) in [6, 6.07) is 40.5. The Morgan fingerprint density at radius 3 is 2.31 bits per heavy atom. The summed E-state index contributed by atoms with van der Waals surface area (Å²) in [5, 5.41) is 14.1. The minimum absolute atomic E-state index is 0.319. The van der Waals surface area contributed by atoms with E-state index >= 15 is 0 Å². The summed E-state index contributed by atoms with van der Waals surface area (Å²) in [6.07, 6.45) is 1.72. The van der Waals surface area contributed by atoms with E-state index in [1.165, 1.54) is 0 Å². The first-order valence-electron chi connectivity index (χ1n) is 13.6. The van der Waals surface area contributed by atoms with Gasteiger partial charge >= 0.3 is 0 Å². The Balaban J connectivity index is 1.40. The molecule has 0 saturated heterocycles. The fourth-order valence-electron chi connectivity index (χ4n) is 6.01. The molecule has 0 amide bonds. The second-order valence-electron chi connectivity index (χ2n) is 10.2. The van der Waals surface area contributed by atoms with Gasteiger partial charge in [0.2, 0.25) is 5.69 Å². The fraction of sp³-hybridized carbons (Fsp3) is 0. The van der Waals surface area contributed by atoms with Crippen molar-refractivity contribution in [2.24, 2.45) is 0 Å². The highest BCUT2D eigenvalue weighted by molar-refractivity contribution is 6.21. The molecule has 8 rings (SSSR count). The van der Waals surface area contributed by atoms with Crippen LogP contribution in [-0.2, 0) is 0 Å².